The molecule has 3 saturated heterocycles. The number of fused-ring (bicyclic) bond motifs is 2. The summed E-state index contributed by atoms with van der Waals surface area (Å²) in [4.78, 5) is 18.1. The van der Waals surface area contributed by atoms with Crippen LogP contribution in [0, 0.1) is 0 Å². The summed E-state index contributed by atoms with van der Waals surface area (Å²) in [7, 11) is 1.80. The van der Waals surface area contributed by atoms with Crippen molar-refractivity contribution in [2.24, 2.45) is 4.99 Å². The minimum Gasteiger partial charge on any atom is -0.373 e. The van der Waals surface area contributed by atoms with Gasteiger partial charge in [-0.25, -0.2) is 0 Å². The highest BCUT2D eigenvalue weighted by atomic mass is 16.5. The lowest BCUT2D eigenvalue weighted by Crippen LogP contribution is -2.47. The van der Waals surface area contributed by atoms with E-state index in [2.05, 4.69) is 39.9 Å². The average Bonchev–Trinajstić information content (AvgIpc) is 3.37. The first kappa shape index (κ1) is 17.3. The molecule has 3 heterocycles. The van der Waals surface area contributed by atoms with Crippen LogP contribution in [-0.2, 0) is 22.6 Å². The van der Waals surface area contributed by atoms with Crippen molar-refractivity contribution in [3.63, 3.8) is 0 Å². The van der Waals surface area contributed by atoms with E-state index in [0.717, 1.165) is 31.8 Å². The smallest absolute Gasteiger partial charge is 0.222 e. The molecule has 3 aliphatic rings. The first-order valence-electron chi connectivity index (χ1n) is 9.69. The zero-order valence-electron chi connectivity index (χ0n) is 15.4. The fourth-order valence-corrected chi connectivity index (χ4v) is 4.28. The number of hydrogen-bond donors (Lipinski definition) is 2. The van der Waals surface area contributed by atoms with E-state index in [9.17, 15) is 4.79 Å². The second-order valence-electron chi connectivity index (χ2n) is 7.52. The molecule has 2 N–H and O–H groups in total. The van der Waals surface area contributed by atoms with Crippen LogP contribution >= 0.6 is 0 Å². The Morgan fingerprint density at radius 3 is 2.92 bits per heavy atom. The standard InChI is InChI=1S/C20H28N4O2/c1-21-20(23-17-11-16-7-8-18(17)26-16)22-12-14-4-2-5-15(10-14)13-24-9-3-6-19(24)25/h2,4-5,10,16-18H,3,6-9,11-13H2,1H3,(H2,21,22,23). The number of hydrogen-bond acceptors (Lipinski definition) is 3. The molecule has 3 aliphatic heterocycles. The van der Waals surface area contributed by atoms with Crippen molar-refractivity contribution >= 4 is 11.9 Å². The number of benzene rings is 1. The third-order valence-electron chi connectivity index (χ3n) is 5.65. The number of carbonyl (C=O) groups is 1. The Labute approximate surface area is 155 Å². The van der Waals surface area contributed by atoms with E-state index < -0.39 is 0 Å². The van der Waals surface area contributed by atoms with Crippen molar-refractivity contribution in [2.45, 2.75) is 63.4 Å². The Morgan fingerprint density at radius 2 is 2.23 bits per heavy atom. The molecule has 1 aromatic rings. The predicted molar refractivity (Wildman–Crippen MR) is 101 cm³/mol. The lowest BCUT2D eigenvalue weighted by Gasteiger charge is -2.22. The lowest BCUT2D eigenvalue weighted by molar-refractivity contribution is -0.128. The lowest BCUT2D eigenvalue weighted by atomic mass is 9.96. The van der Waals surface area contributed by atoms with E-state index in [1.807, 2.05) is 4.90 Å². The quantitative estimate of drug-likeness (QED) is 0.624. The summed E-state index contributed by atoms with van der Waals surface area (Å²) < 4.78 is 5.90. The molecule has 4 rings (SSSR count). The van der Waals surface area contributed by atoms with Crippen LogP contribution in [-0.4, -0.2) is 48.6 Å². The van der Waals surface area contributed by atoms with Crippen molar-refractivity contribution in [2.75, 3.05) is 13.6 Å². The summed E-state index contributed by atoms with van der Waals surface area (Å²) in [6.07, 6.45) is 5.85. The first-order chi connectivity index (χ1) is 12.7. The summed E-state index contributed by atoms with van der Waals surface area (Å²) >= 11 is 0. The second-order valence-corrected chi connectivity index (χ2v) is 7.52. The summed E-state index contributed by atoms with van der Waals surface area (Å²) in [5.41, 5.74) is 2.38. The van der Waals surface area contributed by atoms with Crippen LogP contribution in [0.1, 0.15) is 43.2 Å². The first-order valence-corrected chi connectivity index (χ1v) is 9.69. The van der Waals surface area contributed by atoms with Crippen LogP contribution in [0.3, 0.4) is 0 Å². The van der Waals surface area contributed by atoms with E-state index in [-0.39, 0.29) is 5.91 Å². The van der Waals surface area contributed by atoms with Gasteiger partial charge >= 0.3 is 0 Å². The van der Waals surface area contributed by atoms with E-state index in [0.29, 0.717) is 37.8 Å². The fourth-order valence-electron chi connectivity index (χ4n) is 4.28. The number of nitrogens with zero attached hydrogens (tertiary/aromatic N) is 2. The summed E-state index contributed by atoms with van der Waals surface area (Å²) in [5.74, 6) is 1.09. The van der Waals surface area contributed by atoms with Crippen molar-refractivity contribution in [3.05, 3.63) is 35.4 Å². The van der Waals surface area contributed by atoms with Gasteiger partial charge in [-0.05, 0) is 36.8 Å². The van der Waals surface area contributed by atoms with Gasteiger partial charge in [-0.2, -0.15) is 0 Å². The normalized spacial score (nSPS) is 28.0. The monoisotopic (exact) mass is 356 g/mol. The van der Waals surface area contributed by atoms with Gasteiger partial charge in [-0.15, -0.1) is 0 Å². The fraction of sp³-hybridized carbons (Fsp3) is 0.600. The highest BCUT2D eigenvalue weighted by Crippen LogP contribution is 2.34. The Balaban J connectivity index is 1.30. The summed E-state index contributed by atoms with van der Waals surface area (Å²) in [5, 5.41) is 6.91. The third kappa shape index (κ3) is 3.85. The highest BCUT2D eigenvalue weighted by Gasteiger charge is 2.41. The molecule has 1 amide bonds. The Bertz CT molecular complexity index is 690. The van der Waals surface area contributed by atoms with Crippen molar-refractivity contribution in [1.82, 2.24) is 15.5 Å². The van der Waals surface area contributed by atoms with Gasteiger partial charge in [0.05, 0.1) is 18.2 Å². The van der Waals surface area contributed by atoms with E-state index in [1.165, 1.54) is 17.5 Å². The van der Waals surface area contributed by atoms with E-state index >= 15 is 0 Å². The van der Waals surface area contributed by atoms with Crippen LogP contribution in [0.15, 0.2) is 29.3 Å². The van der Waals surface area contributed by atoms with Gasteiger partial charge in [0.25, 0.3) is 0 Å². The minimum atomic E-state index is 0.270. The average molecular weight is 356 g/mol. The molecule has 3 atom stereocenters. The third-order valence-corrected chi connectivity index (χ3v) is 5.65. The van der Waals surface area contributed by atoms with E-state index in [1.54, 1.807) is 7.05 Å². The number of amides is 1. The maximum Gasteiger partial charge on any atom is 0.222 e. The van der Waals surface area contributed by atoms with Crippen LogP contribution in [0.4, 0.5) is 0 Å². The Hall–Kier alpha value is -2.08. The molecule has 6 heteroatoms. The molecular weight excluding hydrogens is 328 g/mol. The number of carbonyl (C=O) groups excluding carboxylic acids is 1. The van der Waals surface area contributed by atoms with Crippen LogP contribution in [0.25, 0.3) is 0 Å². The molecule has 26 heavy (non-hydrogen) atoms. The number of guanidine groups is 1. The molecule has 0 saturated carbocycles. The van der Waals surface area contributed by atoms with Gasteiger partial charge in [0.2, 0.25) is 5.91 Å². The molecular formula is C20H28N4O2. The van der Waals surface area contributed by atoms with Gasteiger partial charge in [0.1, 0.15) is 0 Å². The van der Waals surface area contributed by atoms with Crippen molar-refractivity contribution in [3.8, 4) is 0 Å². The van der Waals surface area contributed by atoms with Gasteiger partial charge < -0.3 is 20.3 Å². The zero-order valence-corrected chi connectivity index (χ0v) is 15.4. The Morgan fingerprint density at radius 1 is 1.35 bits per heavy atom. The number of ether oxygens (including phenoxy) is 1. The number of rotatable bonds is 5. The van der Waals surface area contributed by atoms with Crippen LogP contribution in [0.5, 0.6) is 0 Å². The number of nitrogens with one attached hydrogen (secondary N) is 2. The van der Waals surface area contributed by atoms with Gasteiger partial charge in [-0.1, -0.05) is 24.3 Å². The van der Waals surface area contributed by atoms with Crippen molar-refractivity contribution < 1.29 is 9.53 Å². The number of aliphatic imine (C=N–C) groups is 1. The zero-order chi connectivity index (χ0) is 17.9. The molecule has 3 fully saturated rings. The molecule has 2 bridgehead atoms. The second kappa shape index (κ2) is 7.66. The SMILES string of the molecule is CN=C(NCc1cccc(CN2CCCC2=O)c1)NC1CC2CCC1O2. The van der Waals surface area contributed by atoms with Crippen molar-refractivity contribution in [1.29, 1.82) is 0 Å². The van der Waals surface area contributed by atoms with E-state index in [4.69, 9.17) is 4.74 Å². The summed E-state index contributed by atoms with van der Waals surface area (Å²) in [6.45, 7) is 2.30. The predicted octanol–water partition coefficient (Wildman–Crippen LogP) is 1.79. The highest BCUT2D eigenvalue weighted by molar-refractivity contribution is 5.80. The maximum absolute atomic E-state index is 11.8. The molecule has 0 spiro atoms. The molecule has 0 aromatic heterocycles. The molecule has 0 aliphatic carbocycles. The molecule has 3 unspecified atom stereocenters. The minimum absolute atomic E-state index is 0.270. The number of likely N-dealkylation sites (tertiary alicyclic amines) is 1. The van der Waals surface area contributed by atoms with Crippen LogP contribution < -0.4 is 10.6 Å². The summed E-state index contributed by atoms with van der Waals surface area (Å²) in [6, 6.07) is 8.80. The largest absolute Gasteiger partial charge is 0.373 e. The molecule has 140 valence electrons. The van der Waals surface area contributed by atoms with Crippen LogP contribution in [0.2, 0.25) is 0 Å². The van der Waals surface area contributed by atoms with Gasteiger partial charge in [0.15, 0.2) is 5.96 Å². The van der Waals surface area contributed by atoms with Gasteiger partial charge in [0, 0.05) is 33.1 Å². The topological polar surface area (TPSA) is 66.0 Å². The molecule has 6 nitrogen and oxygen atoms in total. The van der Waals surface area contributed by atoms with Gasteiger partial charge in [-0.3, -0.25) is 9.79 Å². The maximum atomic E-state index is 11.8. The molecule has 1 aromatic carbocycles. The Kier molecular flexibility index (Phi) is 5.11. The molecule has 0 radical (unpaired) electrons.